The lowest BCUT2D eigenvalue weighted by atomic mass is 9.92. The Morgan fingerprint density at radius 2 is 1.86 bits per heavy atom. The first-order valence-corrected chi connectivity index (χ1v) is 14.0. The van der Waals surface area contributed by atoms with Crippen LogP contribution in [0.15, 0.2) is 18.5 Å². The van der Waals surface area contributed by atoms with Crippen LogP contribution in [-0.4, -0.2) is 90.0 Å². The molecule has 3 N–H and O–H groups in total. The zero-order chi connectivity index (χ0) is 31.7. The first kappa shape index (κ1) is 33.7. The summed E-state index contributed by atoms with van der Waals surface area (Å²) in [6.45, 7) is 8.37. The number of nitrogens with zero attached hydrogens (tertiary/aromatic N) is 4. The third-order valence-corrected chi connectivity index (χ3v) is 6.85. The monoisotopic (exact) mass is 604 g/mol. The number of methoxy groups -OCH3 is 1. The van der Waals surface area contributed by atoms with E-state index in [0.29, 0.717) is 25.2 Å². The van der Waals surface area contributed by atoms with Crippen LogP contribution in [0.25, 0.3) is 5.52 Å². The molecule has 0 bridgehead atoms. The Labute approximate surface area is 249 Å². The number of hydrogen-bond donors (Lipinski definition) is 2. The number of esters is 3. The molecule has 1 fully saturated rings. The number of carbonyl (C=O) groups excluding carboxylic acids is 3. The van der Waals surface area contributed by atoms with Gasteiger partial charge in [-0.3, -0.25) is 19.7 Å². The van der Waals surface area contributed by atoms with E-state index in [-0.39, 0.29) is 24.3 Å². The summed E-state index contributed by atoms with van der Waals surface area (Å²) in [4.78, 5) is 42.3. The fourth-order valence-electron chi connectivity index (χ4n) is 4.13. The topological polar surface area (TPSA) is 199 Å². The van der Waals surface area contributed by atoms with Gasteiger partial charge in [-0.25, -0.2) is 9.50 Å². The highest BCUT2D eigenvalue weighted by atomic mass is 16.6. The second kappa shape index (κ2) is 15.1. The molecule has 2 aromatic heterocycles. The molecule has 15 heteroatoms. The van der Waals surface area contributed by atoms with E-state index in [4.69, 9.17) is 34.2 Å². The number of fused-ring (bicyclic) bond motifs is 1. The number of nitrogen functional groups attached to an aromatic ring is 1. The van der Waals surface area contributed by atoms with Gasteiger partial charge in [0.25, 0.3) is 0 Å². The molecule has 0 aliphatic carbocycles. The molecule has 5 atom stereocenters. The zero-order valence-corrected chi connectivity index (χ0v) is 25.3. The minimum Gasteiger partial charge on any atom is -0.459 e. The molecule has 0 spiro atoms. The van der Waals surface area contributed by atoms with E-state index in [9.17, 15) is 19.6 Å². The van der Waals surface area contributed by atoms with Crippen LogP contribution in [0.5, 0.6) is 0 Å². The third-order valence-electron chi connectivity index (χ3n) is 6.85. The molecule has 2 aromatic rings. The second-order valence-electron chi connectivity index (χ2n) is 10.8. The molecule has 0 saturated carbocycles. The summed E-state index contributed by atoms with van der Waals surface area (Å²) < 4.78 is 35.2. The van der Waals surface area contributed by atoms with Gasteiger partial charge < -0.3 is 34.2 Å². The normalized spacial score (nSPS) is 18.5. The Hall–Kier alpha value is -3.84. The van der Waals surface area contributed by atoms with Gasteiger partial charge in [0.05, 0.1) is 44.1 Å². The molecule has 0 unspecified atom stereocenters. The Morgan fingerprint density at radius 1 is 1.16 bits per heavy atom. The van der Waals surface area contributed by atoms with Crippen molar-refractivity contribution >= 4 is 29.2 Å². The van der Waals surface area contributed by atoms with E-state index in [1.807, 2.05) is 0 Å². The molecule has 0 aromatic carbocycles. The first-order chi connectivity index (χ1) is 20.4. The molecule has 0 radical (unpaired) electrons. The summed E-state index contributed by atoms with van der Waals surface area (Å²) in [5, 5.41) is 17.6. The number of nitriles is 1. The fraction of sp³-hybridized carbons (Fsp3) is 0.643. The Kier molecular flexibility index (Phi) is 11.8. The van der Waals surface area contributed by atoms with Crippen molar-refractivity contribution in [2.45, 2.75) is 71.0 Å². The smallest absolute Gasteiger partial charge is 0.323 e. The van der Waals surface area contributed by atoms with E-state index >= 15 is 0 Å². The van der Waals surface area contributed by atoms with Crippen molar-refractivity contribution < 1.29 is 42.8 Å². The van der Waals surface area contributed by atoms with E-state index < -0.39 is 60.2 Å². The second-order valence-corrected chi connectivity index (χ2v) is 10.8. The van der Waals surface area contributed by atoms with E-state index in [1.54, 1.807) is 46.8 Å². The predicted octanol–water partition coefficient (Wildman–Crippen LogP) is 1.31. The number of ether oxygens (including phenoxy) is 6. The highest BCUT2D eigenvalue weighted by molar-refractivity contribution is 5.75. The predicted molar refractivity (Wildman–Crippen MR) is 150 cm³/mol. The summed E-state index contributed by atoms with van der Waals surface area (Å²) in [6, 6.07) is 4.52. The molecule has 236 valence electrons. The molecule has 1 aliphatic heterocycles. The Balaban J connectivity index is 1.92. The van der Waals surface area contributed by atoms with Crippen molar-refractivity contribution in [2.75, 3.05) is 39.4 Å². The van der Waals surface area contributed by atoms with Gasteiger partial charge >= 0.3 is 17.9 Å². The van der Waals surface area contributed by atoms with Gasteiger partial charge in [0.2, 0.25) is 5.60 Å². The molecule has 0 amide bonds. The van der Waals surface area contributed by atoms with Crippen LogP contribution in [0.2, 0.25) is 0 Å². The minimum atomic E-state index is -1.98. The molecule has 1 aliphatic rings. The fourth-order valence-corrected chi connectivity index (χ4v) is 4.13. The maximum Gasteiger partial charge on any atom is 0.323 e. The van der Waals surface area contributed by atoms with Gasteiger partial charge in [-0.05, 0) is 19.1 Å². The third kappa shape index (κ3) is 8.17. The van der Waals surface area contributed by atoms with Crippen molar-refractivity contribution in [3.8, 4) is 6.07 Å². The van der Waals surface area contributed by atoms with E-state index in [0.717, 1.165) is 0 Å². The van der Waals surface area contributed by atoms with Crippen molar-refractivity contribution in [3.05, 3.63) is 24.2 Å². The van der Waals surface area contributed by atoms with Gasteiger partial charge in [-0.2, -0.15) is 10.4 Å². The molecule has 3 heterocycles. The van der Waals surface area contributed by atoms with Crippen molar-refractivity contribution in [1.29, 1.82) is 5.26 Å². The van der Waals surface area contributed by atoms with Gasteiger partial charge in [0, 0.05) is 13.5 Å². The zero-order valence-electron chi connectivity index (χ0n) is 25.3. The largest absolute Gasteiger partial charge is 0.459 e. The molecule has 1 saturated heterocycles. The molecule has 3 rings (SSSR count). The standard InChI is InChI=1S/C28H40N6O9/c1-16(2)25(35)42-22(20-7-8-21-24(30)31-14-33-34(20)21)23(43-26(36)17(3)4)28(12-29,38-6)13-40-15-32-18(5)27(37)41-19-9-10-39-11-19/h7-8,14,16-19,22-23,32H,9-11,13,15H2,1-6H3,(H2,30,31,33)/t18-,19+,22-,23-,28+/m0/s1. The summed E-state index contributed by atoms with van der Waals surface area (Å²) >= 11 is 0. The van der Waals surface area contributed by atoms with E-state index in [2.05, 4.69) is 21.5 Å². The van der Waals surface area contributed by atoms with Crippen molar-refractivity contribution in [2.24, 2.45) is 11.8 Å². The van der Waals surface area contributed by atoms with Crippen molar-refractivity contribution in [3.63, 3.8) is 0 Å². The van der Waals surface area contributed by atoms with Crippen molar-refractivity contribution in [1.82, 2.24) is 19.9 Å². The van der Waals surface area contributed by atoms with Crippen LogP contribution in [0.3, 0.4) is 0 Å². The van der Waals surface area contributed by atoms with E-state index in [1.165, 1.54) is 18.0 Å². The number of nitrogens with one attached hydrogen (secondary N) is 1. The number of nitrogens with two attached hydrogens (primary N) is 1. The minimum absolute atomic E-state index is 0.159. The SMILES string of the molecule is CO[C@](C#N)(COCN[C@@H](C)C(=O)O[C@@H]1CCOC1)[C@@H](OC(=O)C(C)C)[C@@H](OC(=O)C(C)C)c1ccc2c(N)ncnn12. The lowest BCUT2D eigenvalue weighted by molar-refractivity contribution is -0.201. The van der Waals surface area contributed by atoms with Gasteiger partial charge in [-0.1, -0.05) is 27.7 Å². The number of hydrogen-bond acceptors (Lipinski definition) is 14. The van der Waals surface area contributed by atoms with Crippen LogP contribution < -0.4 is 11.1 Å². The molecule has 15 nitrogen and oxygen atoms in total. The first-order valence-electron chi connectivity index (χ1n) is 14.0. The lowest BCUT2D eigenvalue weighted by Gasteiger charge is -2.37. The number of rotatable bonds is 15. The molecular weight excluding hydrogens is 564 g/mol. The maximum atomic E-state index is 13.0. The molecular formula is C28H40N6O9. The van der Waals surface area contributed by atoms with Crippen LogP contribution in [0, 0.1) is 23.2 Å². The Bertz CT molecular complexity index is 1300. The number of carbonyl (C=O) groups is 3. The van der Waals surface area contributed by atoms with Gasteiger partial charge in [0.1, 0.15) is 30.1 Å². The van der Waals surface area contributed by atoms with Gasteiger partial charge in [-0.15, -0.1) is 0 Å². The van der Waals surface area contributed by atoms with Crippen LogP contribution in [0.4, 0.5) is 5.82 Å². The van der Waals surface area contributed by atoms with Gasteiger partial charge in [0.15, 0.2) is 18.0 Å². The Morgan fingerprint density at radius 3 is 2.47 bits per heavy atom. The number of aromatic nitrogens is 3. The maximum absolute atomic E-state index is 13.0. The highest BCUT2D eigenvalue weighted by Gasteiger charge is 2.51. The summed E-state index contributed by atoms with van der Waals surface area (Å²) in [6.07, 6.45) is -1.36. The van der Waals surface area contributed by atoms with Crippen LogP contribution >= 0.6 is 0 Å². The number of anilines is 1. The molecule has 43 heavy (non-hydrogen) atoms. The highest BCUT2D eigenvalue weighted by Crippen LogP contribution is 2.35. The van der Waals surface area contributed by atoms with Crippen LogP contribution in [0.1, 0.15) is 52.8 Å². The quantitative estimate of drug-likeness (QED) is 0.128. The summed E-state index contributed by atoms with van der Waals surface area (Å²) in [5.41, 5.74) is 4.69. The average Bonchev–Trinajstić information content (AvgIpc) is 3.66. The summed E-state index contributed by atoms with van der Waals surface area (Å²) in [5.74, 6) is -2.79. The van der Waals surface area contributed by atoms with Crippen LogP contribution in [-0.2, 0) is 42.8 Å². The lowest BCUT2D eigenvalue weighted by Crippen LogP contribution is -2.54. The summed E-state index contributed by atoms with van der Waals surface area (Å²) in [7, 11) is 1.25. The average molecular weight is 605 g/mol.